The third-order valence-corrected chi connectivity index (χ3v) is 3.38. The predicted molar refractivity (Wildman–Crippen MR) is 56.0 cm³/mol. The number of hydrogen-bond donors (Lipinski definition) is 1. The highest BCUT2D eigenvalue weighted by atomic mass is 16.2. The lowest BCUT2D eigenvalue weighted by Crippen LogP contribution is -2.42. The van der Waals surface area contributed by atoms with Crippen LogP contribution >= 0.6 is 0 Å². The van der Waals surface area contributed by atoms with E-state index in [1.807, 2.05) is 0 Å². The fraction of sp³-hybridized carbons (Fsp3) is 0.909. The number of carbonyl (C=O) groups excluding carboxylic acids is 1. The molecule has 0 aliphatic carbocycles. The van der Waals surface area contributed by atoms with Crippen molar-refractivity contribution in [3.8, 4) is 0 Å². The van der Waals surface area contributed by atoms with Crippen molar-refractivity contribution in [3.63, 3.8) is 0 Å². The molecule has 1 N–H and O–H groups in total. The van der Waals surface area contributed by atoms with Crippen molar-refractivity contribution in [2.75, 3.05) is 26.2 Å². The molecule has 0 aromatic carbocycles. The zero-order valence-electron chi connectivity index (χ0n) is 8.96. The highest BCUT2D eigenvalue weighted by molar-refractivity contribution is 5.79. The maximum atomic E-state index is 12.0. The minimum absolute atomic E-state index is 0.264. The van der Waals surface area contributed by atoms with Crippen molar-refractivity contribution >= 4 is 5.91 Å². The fourth-order valence-corrected chi connectivity index (χ4v) is 2.51. The molecule has 0 aromatic rings. The number of nitrogens with one attached hydrogen (secondary N) is 1. The Hall–Kier alpha value is -0.570. The standard InChI is InChI=1S/C11H20N2O/c1-9-3-2-6-13(8-9)11(14)10-4-5-12-7-10/h9-10,12H,2-8H2,1H3/t9-,10-/m1/s1. The number of piperidine rings is 1. The van der Waals surface area contributed by atoms with Crippen LogP contribution in [0.25, 0.3) is 0 Å². The van der Waals surface area contributed by atoms with Crippen LogP contribution in [0.1, 0.15) is 26.2 Å². The molecule has 2 saturated heterocycles. The molecular weight excluding hydrogens is 176 g/mol. The zero-order chi connectivity index (χ0) is 9.97. The Morgan fingerprint density at radius 2 is 2.29 bits per heavy atom. The summed E-state index contributed by atoms with van der Waals surface area (Å²) in [6, 6.07) is 0. The van der Waals surface area contributed by atoms with E-state index in [4.69, 9.17) is 0 Å². The van der Waals surface area contributed by atoms with Gasteiger partial charge in [-0.2, -0.15) is 0 Å². The van der Waals surface area contributed by atoms with Gasteiger partial charge in [0.25, 0.3) is 0 Å². The smallest absolute Gasteiger partial charge is 0.227 e. The van der Waals surface area contributed by atoms with E-state index in [1.165, 1.54) is 12.8 Å². The van der Waals surface area contributed by atoms with E-state index >= 15 is 0 Å². The second-order valence-electron chi connectivity index (χ2n) is 4.72. The summed E-state index contributed by atoms with van der Waals surface area (Å²) in [4.78, 5) is 14.1. The van der Waals surface area contributed by atoms with Gasteiger partial charge >= 0.3 is 0 Å². The van der Waals surface area contributed by atoms with E-state index in [1.54, 1.807) is 0 Å². The van der Waals surface area contributed by atoms with Crippen molar-refractivity contribution in [1.82, 2.24) is 10.2 Å². The summed E-state index contributed by atoms with van der Waals surface area (Å²) < 4.78 is 0. The Labute approximate surface area is 85.8 Å². The molecule has 2 aliphatic rings. The summed E-state index contributed by atoms with van der Waals surface area (Å²) in [5.41, 5.74) is 0. The first-order valence-electron chi connectivity index (χ1n) is 5.77. The zero-order valence-corrected chi connectivity index (χ0v) is 8.96. The van der Waals surface area contributed by atoms with Crippen molar-refractivity contribution in [2.24, 2.45) is 11.8 Å². The van der Waals surface area contributed by atoms with Crippen LogP contribution in [0.4, 0.5) is 0 Å². The van der Waals surface area contributed by atoms with Gasteiger partial charge in [0.2, 0.25) is 5.91 Å². The number of amides is 1. The number of rotatable bonds is 1. The minimum atomic E-state index is 0.264. The molecule has 0 bridgehead atoms. The Bertz CT molecular complexity index is 211. The van der Waals surface area contributed by atoms with Gasteiger partial charge < -0.3 is 10.2 Å². The first-order chi connectivity index (χ1) is 6.77. The molecule has 3 heteroatoms. The molecule has 80 valence electrons. The second-order valence-corrected chi connectivity index (χ2v) is 4.72. The molecule has 2 aliphatic heterocycles. The molecule has 0 saturated carbocycles. The van der Waals surface area contributed by atoms with Gasteiger partial charge in [0.1, 0.15) is 0 Å². The number of carbonyl (C=O) groups is 1. The topological polar surface area (TPSA) is 32.3 Å². The maximum Gasteiger partial charge on any atom is 0.227 e. The third kappa shape index (κ3) is 2.08. The van der Waals surface area contributed by atoms with Crippen LogP contribution in [0.5, 0.6) is 0 Å². The largest absolute Gasteiger partial charge is 0.342 e. The van der Waals surface area contributed by atoms with Crippen molar-refractivity contribution in [2.45, 2.75) is 26.2 Å². The number of likely N-dealkylation sites (tertiary alicyclic amines) is 1. The highest BCUT2D eigenvalue weighted by Crippen LogP contribution is 2.19. The molecule has 2 rings (SSSR count). The summed E-state index contributed by atoms with van der Waals surface area (Å²) in [5, 5.41) is 3.26. The van der Waals surface area contributed by atoms with Gasteiger partial charge in [-0.05, 0) is 31.7 Å². The van der Waals surface area contributed by atoms with Gasteiger partial charge in [-0.15, -0.1) is 0 Å². The van der Waals surface area contributed by atoms with E-state index in [0.717, 1.165) is 32.6 Å². The van der Waals surface area contributed by atoms with Crippen LogP contribution in [0.3, 0.4) is 0 Å². The lowest BCUT2D eigenvalue weighted by Gasteiger charge is -2.32. The molecule has 0 radical (unpaired) electrons. The van der Waals surface area contributed by atoms with E-state index in [2.05, 4.69) is 17.1 Å². The van der Waals surface area contributed by atoms with Crippen LogP contribution in [-0.2, 0) is 4.79 Å². The molecule has 2 atom stereocenters. The first-order valence-corrected chi connectivity index (χ1v) is 5.77. The van der Waals surface area contributed by atoms with E-state index in [0.29, 0.717) is 11.8 Å². The average Bonchev–Trinajstić information content (AvgIpc) is 2.69. The van der Waals surface area contributed by atoms with E-state index in [9.17, 15) is 4.79 Å². The van der Waals surface area contributed by atoms with Crippen LogP contribution in [0, 0.1) is 11.8 Å². The maximum absolute atomic E-state index is 12.0. The van der Waals surface area contributed by atoms with E-state index in [-0.39, 0.29) is 5.92 Å². The molecule has 0 unspecified atom stereocenters. The van der Waals surface area contributed by atoms with Crippen LogP contribution in [-0.4, -0.2) is 37.0 Å². The number of nitrogens with zero attached hydrogens (tertiary/aromatic N) is 1. The molecule has 2 fully saturated rings. The first kappa shape index (κ1) is 9.97. The Morgan fingerprint density at radius 1 is 1.43 bits per heavy atom. The monoisotopic (exact) mass is 196 g/mol. The number of hydrogen-bond acceptors (Lipinski definition) is 2. The molecule has 14 heavy (non-hydrogen) atoms. The van der Waals surface area contributed by atoms with Crippen LogP contribution in [0.15, 0.2) is 0 Å². The average molecular weight is 196 g/mol. The van der Waals surface area contributed by atoms with Gasteiger partial charge in [0.15, 0.2) is 0 Å². The van der Waals surface area contributed by atoms with Gasteiger partial charge in [-0.1, -0.05) is 6.92 Å². The fourth-order valence-electron chi connectivity index (χ4n) is 2.51. The third-order valence-electron chi connectivity index (χ3n) is 3.38. The molecular formula is C11H20N2O. The van der Waals surface area contributed by atoms with Crippen molar-refractivity contribution in [1.29, 1.82) is 0 Å². The summed E-state index contributed by atoms with van der Waals surface area (Å²) in [7, 11) is 0. The van der Waals surface area contributed by atoms with Crippen LogP contribution < -0.4 is 5.32 Å². The van der Waals surface area contributed by atoms with Crippen molar-refractivity contribution < 1.29 is 4.79 Å². The van der Waals surface area contributed by atoms with Gasteiger partial charge in [0, 0.05) is 19.6 Å². The van der Waals surface area contributed by atoms with E-state index < -0.39 is 0 Å². The minimum Gasteiger partial charge on any atom is -0.342 e. The van der Waals surface area contributed by atoms with Crippen molar-refractivity contribution in [3.05, 3.63) is 0 Å². The summed E-state index contributed by atoms with van der Waals surface area (Å²) >= 11 is 0. The summed E-state index contributed by atoms with van der Waals surface area (Å²) in [6.07, 6.45) is 3.50. The Kier molecular flexibility index (Phi) is 3.06. The normalized spacial score (nSPS) is 33.4. The molecule has 0 aromatic heterocycles. The highest BCUT2D eigenvalue weighted by Gasteiger charge is 2.29. The molecule has 2 heterocycles. The summed E-state index contributed by atoms with van der Waals surface area (Å²) in [6.45, 7) is 6.12. The SMILES string of the molecule is C[C@@H]1CCCN(C(=O)[C@@H]2CCNC2)C1. The quantitative estimate of drug-likeness (QED) is 0.674. The van der Waals surface area contributed by atoms with Gasteiger partial charge in [0.05, 0.1) is 5.92 Å². The molecule has 0 spiro atoms. The lowest BCUT2D eigenvalue weighted by atomic mass is 9.98. The van der Waals surface area contributed by atoms with Crippen LogP contribution in [0.2, 0.25) is 0 Å². The van der Waals surface area contributed by atoms with Gasteiger partial charge in [-0.25, -0.2) is 0 Å². The van der Waals surface area contributed by atoms with Gasteiger partial charge in [-0.3, -0.25) is 4.79 Å². The molecule has 3 nitrogen and oxygen atoms in total. The Morgan fingerprint density at radius 3 is 2.93 bits per heavy atom. The lowest BCUT2D eigenvalue weighted by molar-refractivity contribution is -0.136. The second kappa shape index (κ2) is 4.30. The predicted octanol–water partition coefficient (Wildman–Crippen LogP) is 0.854. The molecule has 1 amide bonds. The summed E-state index contributed by atoms with van der Waals surface area (Å²) in [5.74, 6) is 1.35. The Balaban J connectivity index is 1.89.